The van der Waals surface area contributed by atoms with Crippen molar-refractivity contribution < 1.29 is 14.6 Å². The molecule has 1 aromatic heterocycles. The Morgan fingerprint density at radius 3 is 2.73 bits per heavy atom. The van der Waals surface area contributed by atoms with Crippen LogP contribution in [-0.4, -0.2) is 34.0 Å². The molecule has 0 radical (unpaired) electrons. The van der Waals surface area contributed by atoms with E-state index in [-0.39, 0.29) is 5.92 Å². The maximum Gasteiger partial charge on any atom is 0.307 e. The Morgan fingerprint density at radius 2 is 2.08 bits per heavy atom. The number of aliphatic carboxylic acids is 1. The first-order chi connectivity index (χ1) is 12.5. The minimum atomic E-state index is -0.763. The molecule has 1 heterocycles. The summed E-state index contributed by atoms with van der Waals surface area (Å²) in [6.07, 6.45) is 3.28. The summed E-state index contributed by atoms with van der Waals surface area (Å²) in [5.41, 5.74) is 1.91. The average Bonchev–Trinajstić information content (AvgIpc) is 2.67. The largest absolute Gasteiger partial charge is 0.481 e. The molecule has 1 aliphatic carbocycles. The van der Waals surface area contributed by atoms with Crippen molar-refractivity contribution in [2.24, 2.45) is 5.92 Å². The number of hydrogen-bond donors (Lipinski definition) is 1. The molecule has 1 N–H and O–H groups in total. The van der Waals surface area contributed by atoms with Crippen LogP contribution in [0.4, 0.5) is 0 Å². The second-order valence-corrected chi connectivity index (χ2v) is 6.72. The lowest BCUT2D eigenvalue weighted by Gasteiger charge is -2.39. The van der Waals surface area contributed by atoms with Crippen molar-refractivity contribution in [2.75, 3.05) is 7.11 Å². The van der Waals surface area contributed by atoms with Crippen LogP contribution < -0.4 is 0 Å². The highest BCUT2D eigenvalue weighted by molar-refractivity contribution is 5.71. The van der Waals surface area contributed by atoms with Gasteiger partial charge in [0.25, 0.3) is 0 Å². The molecule has 26 heavy (non-hydrogen) atoms. The van der Waals surface area contributed by atoms with E-state index >= 15 is 0 Å². The van der Waals surface area contributed by atoms with Gasteiger partial charge in [0.15, 0.2) is 0 Å². The Bertz CT molecular complexity index is 841. The number of aryl methyl sites for hydroxylation is 1. The molecule has 1 aromatic carbocycles. The van der Waals surface area contributed by atoms with E-state index in [2.05, 4.69) is 22.0 Å². The molecule has 3 atom stereocenters. The molecule has 134 valence electrons. The van der Waals surface area contributed by atoms with E-state index in [0.29, 0.717) is 25.0 Å². The maximum atomic E-state index is 11.8. The lowest BCUT2D eigenvalue weighted by molar-refractivity contribution is -0.145. The molecular weight excluding hydrogens is 328 g/mol. The van der Waals surface area contributed by atoms with Crippen LogP contribution in [-0.2, 0) is 9.53 Å². The molecule has 0 spiro atoms. The minimum absolute atomic E-state index is 0.139. The third kappa shape index (κ3) is 3.76. The van der Waals surface area contributed by atoms with Gasteiger partial charge in [-0.05, 0) is 49.3 Å². The number of aromatic nitrogens is 2. The van der Waals surface area contributed by atoms with E-state index < -0.39 is 17.5 Å². The van der Waals surface area contributed by atoms with Gasteiger partial charge in [0.05, 0.1) is 5.92 Å². The standard InChI is InChI=1S/C21H22N2O3/c1-15-10-13-22-23-19(15)9-12-21(26-2)11-8-17(20(24)25)18(14-21)16-6-4-3-5-7-16/h3-7,10,13,17-18H,8,11,14H2,1-2H3,(H,24,25)/t17-,18+,21?/m1/s1. The smallest absolute Gasteiger partial charge is 0.307 e. The van der Waals surface area contributed by atoms with Gasteiger partial charge in [-0.1, -0.05) is 36.3 Å². The molecule has 1 aliphatic rings. The van der Waals surface area contributed by atoms with Crippen LogP contribution in [0.5, 0.6) is 0 Å². The molecule has 1 saturated carbocycles. The van der Waals surface area contributed by atoms with Gasteiger partial charge in [-0.25, -0.2) is 0 Å². The topological polar surface area (TPSA) is 72.3 Å². The number of carbonyl (C=O) groups is 1. The lowest BCUT2D eigenvalue weighted by Crippen LogP contribution is -2.41. The predicted octanol–water partition coefficient (Wildman–Crippen LogP) is 3.19. The Hall–Kier alpha value is -2.71. The fourth-order valence-electron chi connectivity index (χ4n) is 3.58. The highest BCUT2D eigenvalue weighted by Crippen LogP contribution is 2.44. The zero-order valence-corrected chi connectivity index (χ0v) is 15.0. The van der Waals surface area contributed by atoms with Crippen molar-refractivity contribution >= 4 is 5.97 Å². The number of ether oxygens (including phenoxy) is 1. The van der Waals surface area contributed by atoms with Crippen molar-refractivity contribution in [3.8, 4) is 11.8 Å². The molecule has 0 bridgehead atoms. The number of methoxy groups -OCH3 is 1. The van der Waals surface area contributed by atoms with Crippen LogP contribution in [0.2, 0.25) is 0 Å². The molecule has 5 nitrogen and oxygen atoms in total. The number of benzene rings is 1. The first kappa shape index (κ1) is 18.1. The summed E-state index contributed by atoms with van der Waals surface area (Å²) in [4.78, 5) is 11.8. The number of nitrogens with zero attached hydrogens (tertiary/aromatic N) is 2. The molecule has 1 fully saturated rings. The summed E-state index contributed by atoms with van der Waals surface area (Å²) in [6, 6.07) is 11.6. The SMILES string of the molecule is COC1(C#Cc2nnccc2C)CC[C@@H](C(=O)O)[C@H](c2ccccc2)C1. The normalized spacial score (nSPS) is 25.2. The summed E-state index contributed by atoms with van der Waals surface area (Å²) in [5, 5.41) is 17.6. The van der Waals surface area contributed by atoms with Gasteiger partial charge < -0.3 is 9.84 Å². The van der Waals surface area contributed by atoms with Crippen molar-refractivity contribution in [3.05, 3.63) is 59.4 Å². The molecule has 0 amide bonds. The zero-order valence-electron chi connectivity index (χ0n) is 15.0. The van der Waals surface area contributed by atoms with Crippen molar-refractivity contribution in [1.82, 2.24) is 10.2 Å². The third-order valence-corrected chi connectivity index (χ3v) is 5.16. The molecule has 5 heteroatoms. The number of carboxylic acid groups (broad SMARTS) is 1. The highest BCUT2D eigenvalue weighted by Gasteiger charge is 2.43. The van der Waals surface area contributed by atoms with E-state index in [9.17, 15) is 9.90 Å². The fraction of sp³-hybridized carbons (Fsp3) is 0.381. The summed E-state index contributed by atoms with van der Waals surface area (Å²) in [7, 11) is 1.64. The number of rotatable bonds is 3. The molecule has 3 rings (SSSR count). The van der Waals surface area contributed by atoms with Crippen LogP contribution in [0.1, 0.15) is 42.0 Å². The molecule has 0 saturated heterocycles. The quantitative estimate of drug-likeness (QED) is 0.861. The first-order valence-corrected chi connectivity index (χ1v) is 8.69. The molecule has 1 unspecified atom stereocenters. The van der Waals surface area contributed by atoms with E-state index in [4.69, 9.17) is 4.74 Å². The fourth-order valence-corrected chi connectivity index (χ4v) is 3.58. The summed E-state index contributed by atoms with van der Waals surface area (Å²) in [5.74, 6) is 5.00. The Morgan fingerprint density at radius 1 is 1.31 bits per heavy atom. The number of hydrogen-bond acceptors (Lipinski definition) is 4. The van der Waals surface area contributed by atoms with Crippen LogP contribution in [0, 0.1) is 24.7 Å². The maximum absolute atomic E-state index is 11.8. The van der Waals surface area contributed by atoms with E-state index in [1.165, 1.54) is 0 Å². The van der Waals surface area contributed by atoms with Gasteiger partial charge in [-0.15, -0.1) is 5.10 Å². The van der Waals surface area contributed by atoms with Crippen LogP contribution >= 0.6 is 0 Å². The summed E-state index contributed by atoms with van der Waals surface area (Å²) >= 11 is 0. The monoisotopic (exact) mass is 350 g/mol. The lowest BCUT2D eigenvalue weighted by atomic mass is 9.69. The average molecular weight is 350 g/mol. The first-order valence-electron chi connectivity index (χ1n) is 8.69. The zero-order chi connectivity index (χ0) is 18.6. The van der Waals surface area contributed by atoms with Gasteiger partial charge in [0.2, 0.25) is 0 Å². The van der Waals surface area contributed by atoms with E-state index in [0.717, 1.165) is 11.1 Å². The number of carboxylic acids is 1. The van der Waals surface area contributed by atoms with Gasteiger partial charge in [0, 0.05) is 19.2 Å². The van der Waals surface area contributed by atoms with Crippen LogP contribution in [0.3, 0.4) is 0 Å². The third-order valence-electron chi connectivity index (χ3n) is 5.16. The second-order valence-electron chi connectivity index (χ2n) is 6.72. The van der Waals surface area contributed by atoms with E-state index in [1.807, 2.05) is 43.3 Å². The Labute approximate surface area is 153 Å². The summed E-state index contributed by atoms with van der Waals surface area (Å²) in [6.45, 7) is 1.94. The highest BCUT2D eigenvalue weighted by atomic mass is 16.5. The van der Waals surface area contributed by atoms with Gasteiger partial charge in [-0.3, -0.25) is 4.79 Å². The van der Waals surface area contributed by atoms with Gasteiger partial charge >= 0.3 is 5.97 Å². The molecular formula is C21H22N2O3. The van der Waals surface area contributed by atoms with Crippen molar-refractivity contribution in [1.29, 1.82) is 0 Å². The molecule has 2 aromatic rings. The van der Waals surface area contributed by atoms with Crippen LogP contribution in [0.15, 0.2) is 42.6 Å². The van der Waals surface area contributed by atoms with Gasteiger partial charge in [-0.2, -0.15) is 5.10 Å². The van der Waals surface area contributed by atoms with E-state index in [1.54, 1.807) is 13.3 Å². The summed E-state index contributed by atoms with van der Waals surface area (Å²) < 4.78 is 5.81. The second kappa shape index (κ2) is 7.67. The van der Waals surface area contributed by atoms with Crippen molar-refractivity contribution in [2.45, 2.75) is 37.7 Å². The predicted molar refractivity (Wildman–Crippen MR) is 97.5 cm³/mol. The van der Waals surface area contributed by atoms with Crippen molar-refractivity contribution in [3.63, 3.8) is 0 Å². The van der Waals surface area contributed by atoms with Crippen LogP contribution in [0.25, 0.3) is 0 Å². The Kier molecular flexibility index (Phi) is 5.34. The van der Waals surface area contributed by atoms with Gasteiger partial charge in [0.1, 0.15) is 11.3 Å². The Balaban J connectivity index is 1.94. The minimum Gasteiger partial charge on any atom is -0.481 e. The molecule has 0 aliphatic heterocycles.